The van der Waals surface area contributed by atoms with Gasteiger partial charge < -0.3 is 24.5 Å². The highest BCUT2D eigenvalue weighted by molar-refractivity contribution is 14.0. The number of alkyl halides is 2. The molecule has 0 atom stereocenters. The second-order valence-corrected chi connectivity index (χ2v) is 5.96. The van der Waals surface area contributed by atoms with Crippen LogP contribution in [-0.2, 0) is 17.9 Å². The molecule has 2 aromatic rings. The van der Waals surface area contributed by atoms with Gasteiger partial charge in [0, 0.05) is 19.7 Å². The first-order valence-electron chi connectivity index (χ1n) is 9.29. The molecule has 1 aromatic heterocycles. The smallest absolute Gasteiger partial charge is 0.272 e. The van der Waals surface area contributed by atoms with Gasteiger partial charge in [-0.25, -0.2) is 13.8 Å². The van der Waals surface area contributed by atoms with Gasteiger partial charge in [-0.05, 0) is 43.2 Å². The van der Waals surface area contributed by atoms with Crippen LogP contribution in [0, 0.1) is 0 Å². The molecule has 162 valence electrons. The zero-order chi connectivity index (χ0) is 20.0. The number of benzene rings is 1. The summed E-state index contributed by atoms with van der Waals surface area (Å²) in [5.41, 5.74) is 0.880. The van der Waals surface area contributed by atoms with Crippen LogP contribution >= 0.6 is 24.0 Å². The molecule has 0 unspecified atom stereocenters. The predicted molar refractivity (Wildman–Crippen MR) is 119 cm³/mol. The topological polar surface area (TPSA) is 68.0 Å². The second-order valence-electron chi connectivity index (χ2n) is 5.96. The van der Waals surface area contributed by atoms with Crippen LogP contribution in [0.5, 0.6) is 5.75 Å². The minimum atomic E-state index is -2.49. The Labute approximate surface area is 187 Å². The van der Waals surface area contributed by atoms with E-state index in [4.69, 9.17) is 13.9 Å². The molecule has 29 heavy (non-hydrogen) atoms. The van der Waals surface area contributed by atoms with Gasteiger partial charge in [0.1, 0.15) is 24.7 Å². The second kappa shape index (κ2) is 15.0. The number of aliphatic imine (C=N–C) groups is 1. The monoisotopic (exact) mass is 523 g/mol. The molecule has 2 rings (SSSR count). The van der Waals surface area contributed by atoms with Crippen LogP contribution in [-0.4, -0.2) is 38.7 Å². The summed E-state index contributed by atoms with van der Waals surface area (Å²) in [7, 11) is 0. The summed E-state index contributed by atoms with van der Waals surface area (Å²) in [6.07, 6.45) is -0.0448. The number of hydrogen-bond acceptors (Lipinski definition) is 4. The maximum atomic E-state index is 12.3. The molecule has 0 amide bonds. The Hall–Kier alpha value is -1.88. The number of ether oxygens (including phenoxy) is 2. The molecule has 6 nitrogen and oxygen atoms in total. The van der Waals surface area contributed by atoms with Crippen LogP contribution in [0.15, 0.2) is 52.1 Å². The molecule has 0 aliphatic heterocycles. The van der Waals surface area contributed by atoms with E-state index >= 15 is 0 Å². The first-order chi connectivity index (χ1) is 13.7. The molecule has 0 saturated carbocycles. The lowest BCUT2D eigenvalue weighted by Gasteiger charge is -2.12. The van der Waals surface area contributed by atoms with Crippen LogP contribution in [0.2, 0.25) is 0 Å². The average molecular weight is 523 g/mol. The Bertz CT molecular complexity index is 700. The Kier molecular flexibility index (Phi) is 13.0. The van der Waals surface area contributed by atoms with E-state index in [1.807, 2.05) is 25.1 Å². The van der Waals surface area contributed by atoms with Crippen molar-refractivity contribution in [3.63, 3.8) is 0 Å². The number of hydrogen-bond donors (Lipinski definition) is 2. The van der Waals surface area contributed by atoms with Crippen LogP contribution in [0.1, 0.15) is 24.7 Å². The number of rotatable bonds is 12. The van der Waals surface area contributed by atoms with Crippen molar-refractivity contribution >= 4 is 29.9 Å². The maximum absolute atomic E-state index is 12.3. The zero-order valence-corrected chi connectivity index (χ0v) is 18.7. The number of nitrogens with zero attached hydrogens (tertiary/aromatic N) is 1. The molecular weight excluding hydrogens is 495 g/mol. The molecule has 9 heteroatoms. The number of nitrogens with one attached hydrogen (secondary N) is 2. The molecule has 0 radical (unpaired) electrons. The van der Waals surface area contributed by atoms with Gasteiger partial charge in [0.05, 0.1) is 12.8 Å². The average Bonchev–Trinajstić information content (AvgIpc) is 3.21. The number of guanidine groups is 1. The standard InChI is InChI=1S/C20H27F2N3O3.HI/c1-2-23-20(24-9-5-10-26-14-18-8-4-11-27-18)25-13-16-6-3-7-17(12-16)28-15-19(21)22;/h3-4,6-8,11-12,19H,2,5,9-10,13-15H2,1H3,(H2,23,24,25);1H. The molecule has 0 bridgehead atoms. The first kappa shape index (κ1) is 25.2. The Morgan fingerprint density at radius 2 is 2.07 bits per heavy atom. The van der Waals surface area contributed by atoms with Gasteiger partial charge in [0.25, 0.3) is 6.43 Å². The normalized spacial score (nSPS) is 11.2. The van der Waals surface area contributed by atoms with Gasteiger partial charge in [0.15, 0.2) is 5.96 Å². The number of halogens is 3. The lowest BCUT2D eigenvalue weighted by Crippen LogP contribution is -2.38. The van der Waals surface area contributed by atoms with Crippen LogP contribution in [0.3, 0.4) is 0 Å². The minimum Gasteiger partial charge on any atom is -0.488 e. The van der Waals surface area contributed by atoms with Crippen molar-refractivity contribution in [1.29, 1.82) is 0 Å². The lowest BCUT2D eigenvalue weighted by molar-refractivity contribution is 0.0818. The summed E-state index contributed by atoms with van der Waals surface area (Å²) in [5.74, 6) is 1.91. The molecule has 0 spiro atoms. The largest absolute Gasteiger partial charge is 0.488 e. The Morgan fingerprint density at radius 3 is 2.79 bits per heavy atom. The van der Waals surface area contributed by atoms with E-state index in [0.717, 1.165) is 24.3 Å². The van der Waals surface area contributed by atoms with Crippen molar-refractivity contribution in [2.24, 2.45) is 4.99 Å². The minimum absolute atomic E-state index is 0. The van der Waals surface area contributed by atoms with E-state index in [-0.39, 0.29) is 24.0 Å². The summed E-state index contributed by atoms with van der Waals surface area (Å²) in [6, 6.07) is 10.7. The van der Waals surface area contributed by atoms with E-state index < -0.39 is 13.0 Å². The van der Waals surface area contributed by atoms with Crippen molar-refractivity contribution in [3.8, 4) is 5.75 Å². The van der Waals surface area contributed by atoms with E-state index in [2.05, 4.69) is 15.6 Å². The molecule has 0 fully saturated rings. The molecule has 2 N–H and O–H groups in total. The third-order valence-corrected chi connectivity index (χ3v) is 3.62. The van der Waals surface area contributed by atoms with Gasteiger partial charge in [-0.2, -0.15) is 0 Å². The molecule has 1 aromatic carbocycles. The Morgan fingerprint density at radius 1 is 1.21 bits per heavy atom. The summed E-state index contributed by atoms with van der Waals surface area (Å²) in [6.45, 7) is 4.30. The van der Waals surface area contributed by atoms with Crippen LogP contribution in [0.4, 0.5) is 8.78 Å². The van der Waals surface area contributed by atoms with Crippen molar-refractivity contribution < 1.29 is 22.7 Å². The van der Waals surface area contributed by atoms with E-state index in [9.17, 15) is 8.78 Å². The van der Waals surface area contributed by atoms with E-state index in [0.29, 0.717) is 38.0 Å². The van der Waals surface area contributed by atoms with Gasteiger partial charge in [-0.3, -0.25) is 0 Å². The third kappa shape index (κ3) is 11.0. The molecule has 0 aliphatic rings. The fraction of sp³-hybridized carbons (Fsp3) is 0.450. The predicted octanol–water partition coefficient (Wildman–Crippen LogP) is 4.20. The Balaban J connectivity index is 0.00000420. The van der Waals surface area contributed by atoms with Gasteiger partial charge >= 0.3 is 0 Å². The highest BCUT2D eigenvalue weighted by atomic mass is 127. The maximum Gasteiger partial charge on any atom is 0.272 e. The lowest BCUT2D eigenvalue weighted by atomic mass is 10.2. The van der Waals surface area contributed by atoms with Gasteiger partial charge in [0.2, 0.25) is 0 Å². The highest BCUT2D eigenvalue weighted by Gasteiger charge is 2.04. The summed E-state index contributed by atoms with van der Waals surface area (Å²) >= 11 is 0. The van der Waals surface area contributed by atoms with Crippen molar-refractivity contribution in [2.45, 2.75) is 32.9 Å². The molecular formula is C20H28F2IN3O3. The van der Waals surface area contributed by atoms with Crippen molar-refractivity contribution in [1.82, 2.24) is 10.6 Å². The quantitative estimate of drug-likeness (QED) is 0.189. The third-order valence-electron chi connectivity index (χ3n) is 3.62. The van der Waals surface area contributed by atoms with Gasteiger partial charge in [-0.1, -0.05) is 12.1 Å². The zero-order valence-electron chi connectivity index (χ0n) is 16.4. The first-order valence-corrected chi connectivity index (χ1v) is 9.29. The SMILES string of the molecule is CCNC(=NCc1cccc(OCC(F)F)c1)NCCCOCc1ccco1.I. The van der Waals surface area contributed by atoms with Gasteiger partial charge in [-0.15, -0.1) is 24.0 Å². The summed E-state index contributed by atoms with van der Waals surface area (Å²) < 4.78 is 40.3. The fourth-order valence-electron chi connectivity index (χ4n) is 2.35. The summed E-state index contributed by atoms with van der Waals surface area (Å²) in [5, 5.41) is 6.42. The molecule has 1 heterocycles. The molecule has 0 saturated heterocycles. The van der Waals surface area contributed by atoms with Crippen LogP contribution < -0.4 is 15.4 Å². The fourth-order valence-corrected chi connectivity index (χ4v) is 2.35. The van der Waals surface area contributed by atoms with E-state index in [1.165, 1.54) is 0 Å². The molecule has 0 aliphatic carbocycles. The van der Waals surface area contributed by atoms with Crippen molar-refractivity contribution in [2.75, 3.05) is 26.3 Å². The van der Waals surface area contributed by atoms with Crippen LogP contribution in [0.25, 0.3) is 0 Å². The van der Waals surface area contributed by atoms with Crippen molar-refractivity contribution in [3.05, 3.63) is 54.0 Å². The van der Waals surface area contributed by atoms with E-state index in [1.54, 1.807) is 24.5 Å². The summed E-state index contributed by atoms with van der Waals surface area (Å²) in [4.78, 5) is 4.51. The highest BCUT2D eigenvalue weighted by Crippen LogP contribution is 2.15. The number of furan rings is 1.